The molecule has 0 atom stereocenters. The average molecular weight is 279 g/mol. The minimum atomic E-state index is 0.0118. The fourth-order valence-electron chi connectivity index (χ4n) is 1.28. The minimum Gasteiger partial charge on any atom is -0.465 e. The number of carbonyl (C=O) groups excluding carboxylic acids is 1. The number of furan rings is 1. The van der Waals surface area contributed by atoms with Gasteiger partial charge in [-0.3, -0.25) is 4.79 Å². The molecule has 0 N–H and O–H groups in total. The fourth-order valence-corrected chi connectivity index (χ4v) is 3.05. The van der Waals surface area contributed by atoms with E-state index in [0.29, 0.717) is 5.70 Å². The van der Waals surface area contributed by atoms with Gasteiger partial charge in [-0.1, -0.05) is 24.8 Å². The van der Waals surface area contributed by atoms with Crippen molar-refractivity contribution in [3.8, 4) is 0 Å². The van der Waals surface area contributed by atoms with Crippen LogP contribution in [0.25, 0.3) is 6.08 Å². The second-order valence-electron chi connectivity index (χ2n) is 3.54. The number of hydrogen-bond donors (Lipinski definition) is 0. The molecular formula is C13H13NO2S2. The molecule has 0 aliphatic carbocycles. The lowest BCUT2D eigenvalue weighted by Gasteiger charge is -1.92. The summed E-state index contributed by atoms with van der Waals surface area (Å²) in [5.74, 6) is 1.75. The summed E-state index contributed by atoms with van der Waals surface area (Å²) in [4.78, 5) is 15.9. The highest BCUT2D eigenvalue weighted by Gasteiger charge is 2.21. The first-order valence-electron chi connectivity index (χ1n) is 5.65. The van der Waals surface area contributed by atoms with Gasteiger partial charge in [0, 0.05) is 0 Å². The zero-order valence-electron chi connectivity index (χ0n) is 9.96. The Morgan fingerprint density at radius 3 is 3.17 bits per heavy atom. The molecule has 0 fully saturated rings. The van der Waals surface area contributed by atoms with Gasteiger partial charge in [0.1, 0.15) is 15.8 Å². The van der Waals surface area contributed by atoms with E-state index in [4.69, 9.17) is 4.42 Å². The quantitative estimate of drug-likeness (QED) is 0.783. The first-order valence-corrected chi connectivity index (χ1v) is 7.45. The van der Waals surface area contributed by atoms with E-state index in [0.717, 1.165) is 22.3 Å². The summed E-state index contributed by atoms with van der Waals surface area (Å²) < 4.78 is 6.00. The number of nitrogens with zero attached hydrogens (tertiary/aromatic N) is 1. The van der Waals surface area contributed by atoms with Crippen LogP contribution >= 0.6 is 23.5 Å². The Bertz CT molecular complexity index is 501. The monoisotopic (exact) mass is 279 g/mol. The Labute approximate surface area is 114 Å². The molecule has 2 rings (SSSR count). The number of hydrogen-bond acceptors (Lipinski definition) is 5. The predicted octanol–water partition coefficient (Wildman–Crippen LogP) is 3.95. The highest BCUT2D eigenvalue weighted by Crippen LogP contribution is 2.30. The van der Waals surface area contributed by atoms with Crippen molar-refractivity contribution in [3.05, 3.63) is 42.0 Å². The van der Waals surface area contributed by atoms with Gasteiger partial charge in [-0.15, -0.1) is 0 Å². The van der Waals surface area contributed by atoms with Gasteiger partial charge in [0.05, 0.1) is 6.26 Å². The summed E-state index contributed by atoms with van der Waals surface area (Å²) in [6.45, 7) is 2.11. The van der Waals surface area contributed by atoms with Crippen LogP contribution in [0, 0.1) is 0 Å². The van der Waals surface area contributed by atoms with Crippen LogP contribution in [0.4, 0.5) is 0 Å². The molecule has 0 amide bonds. The number of allylic oxidation sites excluding steroid dienone is 2. The third-order valence-electron chi connectivity index (χ3n) is 2.09. The molecule has 0 aromatic carbocycles. The Kier molecular flexibility index (Phi) is 4.90. The van der Waals surface area contributed by atoms with Crippen molar-refractivity contribution in [1.82, 2.24) is 0 Å². The summed E-state index contributed by atoms with van der Waals surface area (Å²) in [6.07, 6.45) is 8.00. The molecule has 0 radical (unpaired) electrons. The second kappa shape index (κ2) is 6.66. The molecule has 0 unspecified atom stereocenters. The molecule has 0 bridgehead atoms. The molecule has 0 saturated carbocycles. The van der Waals surface area contributed by atoms with E-state index in [1.807, 2.05) is 12.1 Å². The van der Waals surface area contributed by atoms with Crippen molar-refractivity contribution in [2.24, 2.45) is 4.99 Å². The number of aliphatic imine (C=N–C) groups is 1. The Morgan fingerprint density at radius 2 is 2.44 bits per heavy atom. The number of thioether (sulfide) groups is 2. The van der Waals surface area contributed by atoms with E-state index < -0.39 is 0 Å². The molecule has 3 nitrogen and oxygen atoms in total. The first kappa shape index (κ1) is 13.2. The lowest BCUT2D eigenvalue weighted by molar-refractivity contribution is -0.107. The zero-order chi connectivity index (χ0) is 12.8. The third kappa shape index (κ3) is 3.65. The molecule has 0 saturated heterocycles. The van der Waals surface area contributed by atoms with Crippen molar-refractivity contribution >= 4 is 39.1 Å². The minimum absolute atomic E-state index is 0.0118. The van der Waals surface area contributed by atoms with Crippen molar-refractivity contribution in [2.75, 3.05) is 5.75 Å². The lowest BCUT2D eigenvalue weighted by Crippen LogP contribution is -1.87. The lowest BCUT2D eigenvalue weighted by atomic mass is 10.3. The Balaban J connectivity index is 1.99. The van der Waals surface area contributed by atoms with Gasteiger partial charge in [0.25, 0.3) is 0 Å². The van der Waals surface area contributed by atoms with E-state index in [1.54, 1.807) is 36.3 Å². The van der Waals surface area contributed by atoms with Gasteiger partial charge < -0.3 is 4.42 Å². The van der Waals surface area contributed by atoms with Gasteiger partial charge in [-0.25, -0.2) is 4.99 Å². The van der Waals surface area contributed by atoms with Crippen molar-refractivity contribution in [2.45, 2.75) is 13.3 Å². The molecule has 1 aromatic heterocycles. The van der Waals surface area contributed by atoms with E-state index in [-0.39, 0.29) is 5.12 Å². The van der Waals surface area contributed by atoms with Crippen LogP contribution in [0.3, 0.4) is 0 Å². The number of rotatable bonds is 4. The third-order valence-corrected chi connectivity index (χ3v) is 4.30. The topological polar surface area (TPSA) is 42.6 Å². The molecule has 1 aliphatic heterocycles. The van der Waals surface area contributed by atoms with Crippen molar-refractivity contribution in [1.29, 1.82) is 0 Å². The maximum atomic E-state index is 11.6. The summed E-state index contributed by atoms with van der Waals surface area (Å²) in [5, 5.41) is 0.0118. The van der Waals surface area contributed by atoms with E-state index in [2.05, 4.69) is 11.9 Å². The maximum absolute atomic E-state index is 11.6. The summed E-state index contributed by atoms with van der Waals surface area (Å²) in [6, 6.07) is 3.67. The molecule has 94 valence electrons. The van der Waals surface area contributed by atoms with Crippen LogP contribution in [0.2, 0.25) is 0 Å². The maximum Gasteiger partial charge on any atom is 0.244 e. The van der Waals surface area contributed by atoms with Crippen LogP contribution in [-0.2, 0) is 4.79 Å². The second-order valence-corrected chi connectivity index (χ2v) is 5.85. The standard InChI is InChI=1S/C13H13NO2S2/c1-2-9-17-13-14-11(12(15)18-13)7-3-5-10-6-4-8-16-10/h3-8H,2,9H2,1H3/b5-3+,11-7+. The molecule has 0 spiro atoms. The van der Waals surface area contributed by atoms with Gasteiger partial charge >= 0.3 is 0 Å². The average Bonchev–Trinajstić information content (AvgIpc) is 2.98. The molecule has 5 heteroatoms. The van der Waals surface area contributed by atoms with Crippen LogP contribution < -0.4 is 0 Å². The van der Waals surface area contributed by atoms with Gasteiger partial charge in [-0.2, -0.15) is 0 Å². The highest BCUT2D eigenvalue weighted by atomic mass is 32.2. The van der Waals surface area contributed by atoms with Crippen LogP contribution in [0.15, 0.2) is 45.7 Å². The van der Waals surface area contributed by atoms with E-state index in [1.165, 1.54) is 11.8 Å². The molecule has 1 aromatic rings. The molecule has 1 aliphatic rings. The number of carbonyl (C=O) groups is 1. The first-order chi connectivity index (χ1) is 8.79. The van der Waals surface area contributed by atoms with Crippen molar-refractivity contribution < 1.29 is 9.21 Å². The molecular weight excluding hydrogens is 266 g/mol. The largest absolute Gasteiger partial charge is 0.465 e. The van der Waals surface area contributed by atoms with E-state index in [9.17, 15) is 4.79 Å². The molecule has 2 heterocycles. The Hall–Kier alpha value is -1.20. The van der Waals surface area contributed by atoms with Crippen LogP contribution in [0.5, 0.6) is 0 Å². The van der Waals surface area contributed by atoms with E-state index >= 15 is 0 Å². The SMILES string of the molecule is CCCSC1=N/C(=C/C=C/c2ccco2)C(=O)S1. The van der Waals surface area contributed by atoms with Crippen LogP contribution in [0.1, 0.15) is 19.1 Å². The van der Waals surface area contributed by atoms with Gasteiger partial charge in [0.2, 0.25) is 5.12 Å². The highest BCUT2D eigenvalue weighted by molar-refractivity contribution is 8.45. The van der Waals surface area contributed by atoms with Gasteiger partial charge in [0.15, 0.2) is 0 Å². The molecule has 18 heavy (non-hydrogen) atoms. The van der Waals surface area contributed by atoms with Crippen molar-refractivity contribution in [3.63, 3.8) is 0 Å². The zero-order valence-corrected chi connectivity index (χ0v) is 11.6. The summed E-state index contributed by atoms with van der Waals surface area (Å²) >= 11 is 2.84. The summed E-state index contributed by atoms with van der Waals surface area (Å²) in [5.41, 5.74) is 0.501. The normalized spacial score (nSPS) is 17.9. The fraction of sp³-hybridized carbons (Fsp3) is 0.231. The van der Waals surface area contributed by atoms with Crippen LogP contribution in [-0.4, -0.2) is 15.2 Å². The Morgan fingerprint density at radius 1 is 1.56 bits per heavy atom. The summed E-state index contributed by atoms with van der Waals surface area (Å²) in [7, 11) is 0. The smallest absolute Gasteiger partial charge is 0.244 e. The predicted molar refractivity (Wildman–Crippen MR) is 78.6 cm³/mol. The van der Waals surface area contributed by atoms with Gasteiger partial charge in [-0.05, 0) is 48.2 Å².